The fourth-order valence-corrected chi connectivity index (χ4v) is 2.32. The molecule has 0 radical (unpaired) electrons. The van der Waals surface area contributed by atoms with Crippen LogP contribution in [0, 0.1) is 5.82 Å². The van der Waals surface area contributed by atoms with Gasteiger partial charge in [0.1, 0.15) is 5.82 Å². The minimum Gasteiger partial charge on any atom is -0.357 e. The summed E-state index contributed by atoms with van der Waals surface area (Å²) in [5.41, 5.74) is 1.32. The molecule has 5 heteroatoms. The van der Waals surface area contributed by atoms with Crippen LogP contribution < -0.4 is 10.6 Å². The van der Waals surface area contributed by atoms with Gasteiger partial charge in [-0.15, -0.1) is 24.0 Å². The van der Waals surface area contributed by atoms with Gasteiger partial charge in [0.25, 0.3) is 0 Å². The first-order valence-electron chi connectivity index (χ1n) is 7.36. The molecule has 1 fully saturated rings. The van der Waals surface area contributed by atoms with Crippen LogP contribution in [0.1, 0.15) is 39.2 Å². The topological polar surface area (TPSA) is 36.4 Å². The van der Waals surface area contributed by atoms with Crippen molar-refractivity contribution in [1.29, 1.82) is 0 Å². The van der Waals surface area contributed by atoms with Gasteiger partial charge in [0.15, 0.2) is 5.96 Å². The Balaban J connectivity index is 0.00000220. The predicted octanol–water partition coefficient (Wildman–Crippen LogP) is 3.44. The van der Waals surface area contributed by atoms with Crippen molar-refractivity contribution in [2.24, 2.45) is 4.99 Å². The Bertz CT molecular complexity index is 467. The summed E-state index contributed by atoms with van der Waals surface area (Å²) in [4.78, 5) is 4.69. The van der Waals surface area contributed by atoms with E-state index in [2.05, 4.69) is 36.4 Å². The molecule has 118 valence electrons. The van der Waals surface area contributed by atoms with Crippen molar-refractivity contribution in [2.75, 3.05) is 13.1 Å². The SMILES string of the molecule is CCNC(=NCC1(c2ccc(F)cc2)CC1)NC(C)C.I. The third-order valence-electron chi connectivity index (χ3n) is 3.62. The summed E-state index contributed by atoms with van der Waals surface area (Å²) in [6.07, 6.45) is 2.26. The summed E-state index contributed by atoms with van der Waals surface area (Å²) in [5.74, 6) is 0.679. The molecule has 0 spiro atoms. The number of nitrogens with one attached hydrogen (secondary N) is 2. The van der Waals surface area contributed by atoms with Gasteiger partial charge in [-0.25, -0.2) is 4.39 Å². The van der Waals surface area contributed by atoms with Gasteiger partial charge in [-0.1, -0.05) is 12.1 Å². The highest BCUT2D eigenvalue weighted by Gasteiger charge is 2.44. The van der Waals surface area contributed by atoms with E-state index in [9.17, 15) is 4.39 Å². The van der Waals surface area contributed by atoms with Crippen molar-refractivity contribution in [3.8, 4) is 0 Å². The van der Waals surface area contributed by atoms with Crippen LogP contribution >= 0.6 is 24.0 Å². The summed E-state index contributed by atoms with van der Waals surface area (Å²) < 4.78 is 13.0. The second-order valence-electron chi connectivity index (χ2n) is 5.78. The van der Waals surface area contributed by atoms with E-state index < -0.39 is 0 Å². The van der Waals surface area contributed by atoms with Crippen molar-refractivity contribution in [1.82, 2.24) is 10.6 Å². The summed E-state index contributed by atoms with van der Waals surface area (Å²) in [7, 11) is 0. The van der Waals surface area contributed by atoms with Gasteiger partial charge in [-0.2, -0.15) is 0 Å². The van der Waals surface area contributed by atoms with Crippen molar-refractivity contribution in [2.45, 2.75) is 45.1 Å². The summed E-state index contributed by atoms with van der Waals surface area (Å²) in [5, 5.41) is 6.57. The lowest BCUT2D eigenvalue weighted by Crippen LogP contribution is -2.41. The molecule has 0 saturated heterocycles. The lowest BCUT2D eigenvalue weighted by Gasteiger charge is -2.17. The van der Waals surface area contributed by atoms with Crippen LogP contribution in [-0.2, 0) is 5.41 Å². The summed E-state index contributed by atoms with van der Waals surface area (Å²) in [6, 6.07) is 7.21. The van der Waals surface area contributed by atoms with Gasteiger partial charge in [-0.3, -0.25) is 4.99 Å². The van der Waals surface area contributed by atoms with Crippen LogP contribution in [-0.4, -0.2) is 25.1 Å². The van der Waals surface area contributed by atoms with E-state index in [4.69, 9.17) is 0 Å². The number of halogens is 2. The van der Waals surface area contributed by atoms with E-state index >= 15 is 0 Å². The molecular formula is C16H25FIN3. The molecule has 0 aromatic heterocycles. The quantitative estimate of drug-likeness (QED) is 0.448. The number of rotatable bonds is 5. The number of guanidine groups is 1. The molecule has 1 aromatic rings. The molecule has 2 N–H and O–H groups in total. The average Bonchev–Trinajstić information content (AvgIpc) is 3.18. The Morgan fingerprint density at radius 2 is 1.90 bits per heavy atom. The first kappa shape index (κ1) is 18.2. The Kier molecular flexibility index (Phi) is 6.90. The van der Waals surface area contributed by atoms with Crippen molar-refractivity contribution in [3.63, 3.8) is 0 Å². The number of benzene rings is 1. The zero-order valence-electron chi connectivity index (χ0n) is 12.9. The van der Waals surface area contributed by atoms with Crippen LogP contribution in [0.3, 0.4) is 0 Å². The molecule has 0 bridgehead atoms. The monoisotopic (exact) mass is 405 g/mol. The van der Waals surface area contributed by atoms with E-state index in [1.54, 1.807) is 0 Å². The van der Waals surface area contributed by atoms with Crippen LogP contribution in [0.2, 0.25) is 0 Å². The molecule has 0 aliphatic heterocycles. The lowest BCUT2D eigenvalue weighted by atomic mass is 9.96. The fourth-order valence-electron chi connectivity index (χ4n) is 2.32. The van der Waals surface area contributed by atoms with Crippen molar-refractivity contribution in [3.05, 3.63) is 35.6 Å². The summed E-state index contributed by atoms with van der Waals surface area (Å²) in [6.45, 7) is 7.85. The molecule has 1 saturated carbocycles. The van der Waals surface area contributed by atoms with Crippen LogP contribution in [0.25, 0.3) is 0 Å². The highest BCUT2D eigenvalue weighted by Crippen LogP contribution is 2.48. The molecule has 0 heterocycles. The lowest BCUT2D eigenvalue weighted by molar-refractivity contribution is 0.622. The Hall–Kier alpha value is -0.850. The fraction of sp³-hybridized carbons (Fsp3) is 0.562. The maximum Gasteiger partial charge on any atom is 0.191 e. The van der Waals surface area contributed by atoms with Gasteiger partial charge < -0.3 is 10.6 Å². The van der Waals surface area contributed by atoms with Crippen molar-refractivity contribution >= 4 is 29.9 Å². The molecule has 0 unspecified atom stereocenters. The maximum atomic E-state index is 13.0. The Morgan fingerprint density at radius 3 is 2.38 bits per heavy atom. The second-order valence-corrected chi connectivity index (χ2v) is 5.78. The molecule has 1 aliphatic rings. The molecule has 1 aromatic carbocycles. The zero-order valence-corrected chi connectivity index (χ0v) is 15.3. The van der Waals surface area contributed by atoms with Gasteiger partial charge >= 0.3 is 0 Å². The number of hydrogen-bond acceptors (Lipinski definition) is 1. The predicted molar refractivity (Wildman–Crippen MR) is 97.0 cm³/mol. The Labute approximate surface area is 143 Å². The molecule has 21 heavy (non-hydrogen) atoms. The first-order chi connectivity index (χ1) is 9.55. The number of hydrogen-bond donors (Lipinski definition) is 2. The average molecular weight is 405 g/mol. The van der Waals surface area contributed by atoms with Crippen LogP contribution in [0.4, 0.5) is 4.39 Å². The largest absolute Gasteiger partial charge is 0.357 e. The number of aliphatic imine (C=N–C) groups is 1. The van der Waals surface area contributed by atoms with Crippen LogP contribution in [0.5, 0.6) is 0 Å². The smallest absolute Gasteiger partial charge is 0.191 e. The van der Waals surface area contributed by atoms with E-state index in [1.165, 1.54) is 17.7 Å². The highest BCUT2D eigenvalue weighted by atomic mass is 127. The molecule has 2 rings (SSSR count). The minimum absolute atomic E-state index is 0. The third-order valence-corrected chi connectivity index (χ3v) is 3.62. The van der Waals surface area contributed by atoms with Gasteiger partial charge in [0, 0.05) is 18.0 Å². The standard InChI is InChI=1S/C16H24FN3.HI/c1-4-18-15(20-12(2)3)19-11-16(9-10-16)13-5-7-14(17)8-6-13;/h5-8,12H,4,9-11H2,1-3H3,(H2,18,19,20);1H. The summed E-state index contributed by atoms with van der Waals surface area (Å²) >= 11 is 0. The molecule has 3 nitrogen and oxygen atoms in total. The van der Waals surface area contributed by atoms with Gasteiger partial charge in [0.05, 0.1) is 6.54 Å². The normalized spacial score (nSPS) is 16.3. The van der Waals surface area contributed by atoms with E-state index in [1.807, 2.05) is 12.1 Å². The molecule has 1 aliphatic carbocycles. The minimum atomic E-state index is -0.178. The van der Waals surface area contributed by atoms with E-state index in [0.717, 1.165) is 31.9 Å². The highest BCUT2D eigenvalue weighted by molar-refractivity contribution is 14.0. The number of nitrogens with zero attached hydrogens (tertiary/aromatic N) is 1. The zero-order chi connectivity index (χ0) is 14.6. The molecule has 0 atom stereocenters. The Morgan fingerprint density at radius 1 is 1.29 bits per heavy atom. The van der Waals surface area contributed by atoms with Crippen LogP contribution in [0.15, 0.2) is 29.3 Å². The first-order valence-corrected chi connectivity index (χ1v) is 7.36. The third kappa shape index (κ3) is 5.13. The van der Waals surface area contributed by atoms with E-state index in [-0.39, 0.29) is 35.2 Å². The molecular weight excluding hydrogens is 380 g/mol. The maximum absolute atomic E-state index is 13.0. The van der Waals surface area contributed by atoms with Gasteiger partial charge in [-0.05, 0) is 51.3 Å². The van der Waals surface area contributed by atoms with Crippen molar-refractivity contribution < 1.29 is 4.39 Å². The van der Waals surface area contributed by atoms with E-state index in [0.29, 0.717) is 6.04 Å². The second kappa shape index (κ2) is 7.96. The van der Waals surface area contributed by atoms with Gasteiger partial charge in [0.2, 0.25) is 0 Å². The molecule has 0 amide bonds.